The number of anilines is 1. The number of ether oxygens (including phenoxy) is 1. The van der Waals surface area contributed by atoms with Gasteiger partial charge in [-0.15, -0.1) is 12.4 Å². The van der Waals surface area contributed by atoms with E-state index in [1.165, 1.54) is 5.56 Å². The number of hydrogen-bond donors (Lipinski definition) is 2. The number of nitrogens with one attached hydrogen (secondary N) is 2. The second-order valence-electron chi connectivity index (χ2n) is 5.94. The molecule has 1 aliphatic heterocycles. The molecule has 24 heavy (non-hydrogen) atoms. The monoisotopic (exact) mass is 346 g/mol. The molecule has 0 spiro atoms. The third-order valence-corrected chi connectivity index (χ3v) is 4.06. The highest BCUT2D eigenvalue weighted by Gasteiger charge is 2.21. The molecule has 0 aliphatic carbocycles. The van der Waals surface area contributed by atoms with Crippen molar-refractivity contribution in [3.05, 3.63) is 54.1 Å². The fourth-order valence-electron chi connectivity index (χ4n) is 2.70. The molecule has 1 aliphatic rings. The maximum absolute atomic E-state index is 12.4. The van der Waals surface area contributed by atoms with Crippen LogP contribution in [-0.4, -0.2) is 19.0 Å². The first-order valence-electron chi connectivity index (χ1n) is 8.07. The zero-order valence-electron chi connectivity index (χ0n) is 13.7. The van der Waals surface area contributed by atoms with Crippen LogP contribution >= 0.6 is 12.4 Å². The zero-order valence-corrected chi connectivity index (χ0v) is 14.6. The van der Waals surface area contributed by atoms with Gasteiger partial charge in [-0.2, -0.15) is 0 Å². The van der Waals surface area contributed by atoms with Crippen LogP contribution in [0.2, 0.25) is 0 Å². The summed E-state index contributed by atoms with van der Waals surface area (Å²) < 4.78 is 5.92. The lowest BCUT2D eigenvalue weighted by Crippen LogP contribution is -2.37. The number of para-hydroxylation sites is 2. The summed E-state index contributed by atoms with van der Waals surface area (Å²) in [6.07, 6.45) is 1.97. The Labute approximate surface area is 149 Å². The van der Waals surface area contributed by atoms with Gasteiger partial charge in [0.25, 0.3) is 0 Å². The summed E-state index contributed by atoms with van der Waals surface area (Å²) >= 11 is 0. The van der Waals surface area contributed by atoms with E-state index in [1.807, 2.05) is 55.5 Å². The van der Waals surface area contributed by atoms with Crippen molar-refractivity contribution in [1.82, 2.24) is 5.32 Å². The lowest BCUT2D eigenvalue weighted by molar-refractivity contribution is -0.120. The van der Waals surface area contributed by atoms with E-state index in [0.717, 1.165) is 31.7 Å². The van der Waals surface area contributed by atoms with Gasteiger partial charge in [-0.3, -0.25) is 4.79 Å². The van der Waals surface area contributed by atoms with Gasteiger partial charge in [-0.1, -0.05) is 29.8 Å². The van der Waals surface area contributed by atoms with Gasteiger partial charge in [0.2, 0.25) is 5.91 Å². The van der Waals surface area contributed by atoms with E-state index in [9.17, 15) is 4.79 Å². The Morgan fingerprint density at radius 3 is 2.62 bits per heavy atom. The molecule has 1 fully saturated rings. The number of halogens is 1. The average Bonchev–Trinajstić information content (AvgIpc) is 2.59. The van der Waals surface area contributed by atoms with Crippen molar-refractivity contribution < 1.29 is 9.53 Å². The summed E-state index contributed by atoms with van der Waals surface area (Å²) in [6, 6.07) is 15.4. The second-order valence-corrected chi connectivity index (χ2v) is 5.94. The lowest BCUT2D eigenvalue weighted by atomic mass is 9.99. The van der Waals surface area contributed by atoms with Crippen LogP contribution in [0.25, 0.3) is 0 Å². The molecule has 1 unspecified atom stereocenters. The summed E-state index contributed by atoms with van der Waals surface area (Å²) in [6.45, 7) is 3.78. The standard InChI is InChI=1S/C19H22N2O2.ClH/c1-14-8-10-16(11-9-14)23-18-7-3-2-6-17(18)21-19(22)15-5-4-12-20-13-15;/h2-3,6-11,15,20H,4-5,12-13H2,1H3,(H,21,22);1H. The van der Waals surface area contributed by atoms with Crippen LogP contribution in [0.1, 0.15) is 18.4 Å². The van der Waals surface area contributed by atoms with Crippen molar-refractivity contribution in [3.63, 3.8) is 0 Å². The largest absolute Gasteiger partial charge is 0.455 e. The number of hydrogen-bond acceptors (Lipinski definition) is 3. The molecule has 3 rings (SSSR count). The average molecular weight is 347 g/mol. The second kappa shape index (κ2) is 8.71. The normalized spacial score (nSPS) is 16.8. The van der Waals surface area contributed by atoms with Crippen LogP contribution in [0.15, 0.2) is 48.5 Å². The molecule has 1 heterocycles. The Hall–Kier alpha value is -2.04. The number of benzene rings is 2. The van der Waals surface area contributed by atoms with Crippen molar-refractivity contribution in [2.24, 2.45) is 5.92 Å². The quantitative estimate of drug-likeness (QED) is 0.874. The third kappa shape index (κ3) is 4.73. The van der Waals surface area contributed by atoms with Gasteiger partial charge in [0.1, 0.15) is 5.75 Å². The van der Waals surface area contributed by atoms with Crippen molar-refractivity contribution in [2.75, 3.05) is 18.4 Å². The Bertz CT molecular complexity index is 667. The topological polar surface area (TPSA) is 50.4 Å². The molecule has 1 saturated heterocycles. The number of aryl methyl sites for hydroxylation is 1. The molecule has 4 nitrogen and oxygen atoms in total. The van der Waals surface area contributed by atoms with Crippen LogP contribution in [0.3, 0.4) is 0 Å². The van der Waals surface area contributed by atoms with Crippen LogP contribution < -0.4 is 15.4 Å². The van der Waals surface area contributed by atoms with Gasteiger partial charge in [0, 0.05) is 6.54 Å². The molecule has 1 amide bonds. The molecule has 2 aromatic rings. The number of carbonyl (C=O) groups is 1. The molecule has 0 saturated carbocycles. The maximum atomic E-state index is 12.4. The predicted molar refractivity (Wildman–Crippen MR) is 99.2 cm³/mol. The summed E-state index contributed by atoms with van der Waals surface area (Å²) in [5.41, 5.74) is 1.90. The highest BCUT2D eigenvalue weighted by Crippen LogP contribution is 2.30. The number of piperidine rings is 1. The first-order valence-corrected chi connectivity index (χ1v) is 8.07. The Kier molecular flexibility index (Phi) is 6.64. The summed E-state index contributed by atoms with van der Waals surface area (Å²) in [4.78, 5) is 12.4. The van der Waals surface area contributed by atoms with Crippen LogP contribution in [0.4, 0.5) is 5.69 Å². The maximum Gasteiger partial charge on any atom is 0.228 e. The summed E-state index contributed by atoms with van der Waals surface area (Å²) in [5.74, 6) is 1.50. The number of rotatable bonds is 4. The van der Waals surface area contributed by atoms with Crippen molar-refractivity contribution >= 4 is 24.0 Å². The summed E-state index contributed by atoms with van der Waals surface area (Å²) in [7, 11) is 0. The predicted octanol–water partition coefficient (Wildman–Crippen LogP) is 4.15. The molecule has 5 heteroatoms. The van der Waals surface area contributed by atoms with Crippen molar-refractivity contribution in [1.29, 1.82) is 0 Å². The van der Waals surface area contributed by atoms with Gasteiger partial charge in [-0.25, -0.2) is 0 Å². The van der Waals surface area contributed by atoms with E-state index >= 15 is 0 Å². The van der Waals surface area contributed by atoms with E-state index in [1.54, 1.807) is 0 Å². The van der Waals surface area contributed by atoms with Crippen LogP contribution in [0, 0.1) is 12.8 Å². The van der Waals surface area contributed by atoms with Gasteiger partial charge in [0.05, 0.1) is 11.6 Å². The smallest absolute Gasteiger partial charge is 0.228 e. The molecule has 2 N–H and O–H groups in total. The van der Waals surface area contributed by atoms with E-state index in [0.29, 0.717) is 11.4 Å². The van der Waals surface area contributed by atoms with Crippen LogP contribution in [0.5, 0.6) is 11.5 Å². The SMILES string of the molecule is Cc1ccc(Oc2ccccc2NC(=O)C2CCCNC2)cc1.Cl. The molecule has 1 atom stereocenters. The fraction of sp³-hybridized carbons (Fsp3) is 0.316. The fourth-order valence-corrected chi connectivity index (χ4v) is 2.70. The minimum absolute atomic E-state index is 0. The molecule has 0 bridgehead atoms. The van der Waals surface area contributed by atoms with Crippen molar-refractivity contribution in [2.45, 2.75) is 19.8 Å². The van der Waals surface area contributed by atoms with Gasteiger partial charge in [0.15, 0.2) is 5.75 Å². The molecule has 128 valence electrons. The Balaban J connectivity index is 0.00000208. The van der Waals surface area contributed by atoms with Crippen LogP contribution in [-0.2, 0) is 4.79 Å². The molecular weight excluding hydrogens is 324 g/mol. The minimum Gasteiger partial charge on any atom is -0.455 e. The van der Waals surface area contributed by atoms with E-state index in [4.69, 9.17) is 4.74 Å². The van der Waals surface area contributed by atoms with E-state index in [-0.39, 0.29) is 24.2 Å². The lowest BCUT2D eigenvalue weighted by Gasteiger charge is -2.22. The first-order chi connectivity index (χ1) is 11.2. The molecule has 0 aromatic heterocycles. The van der Waals surface area contributed by atoms with Gasteiger partial charge >= 0.3 is 0 Å². The van der Waals surface area contributed by atoms with E-state index in [2.05, 4.69) is 10.6 Å². The molecule has 0 radical (unpaired) electrons. The summed E-state index contributed by atoms with van der Waals surface area (Å²) in [5, 5.41) is 6.28. The van der Waals surface area contributed by atoms with E-state index < -0.39 is 0 Å². The highest BCUT2D eigenvalue weighted by atomic mass is 35.5. The van der Waals surface area contributed by atoms with Crippen molar-refractivity contribution in [3.8, 4) is 11.5 Å². The zero-order chi connectivity index (χ0) is 16.1. The first kappa shape index (κ1) is 18.3. The molecule has 2 aromatic carbocycles. The number of carbonyl (C=O) groups excluding carboxylic acids is 1. The van der Waals surface area contributed by atoms with Gasteiger partial charge in [-0.05, 0) is 50.6 Å². The molecular formula is C19H23ClN2O2. The number of amides is 1. The van der Waals surface area contributed by atoms with Gasteiger partial charge < -0.3 is 15.4 Å². The third-order valence-electron chi connectivity index (χ3n) is 4.06. The minimum atomic E-state index is 0. The Morgan fingerprint density at radius 2 is 1.92 bits per heavy atom. The highest BCUT2D eigenvalue weighted by molar-refractivity contribution is 5.94. The Morgan fingerprint density at radius 1 is 1.17 bits per heavy atom.